The number of aliphatic hydroxyl groups is 1. The third-order valence-corrected chi connectivity index (χ3v) is 6.75. The number of carbonyl (C=O) groups is 2. The Hall–Kier alpha value is -4.44. The van der Waals surface area contributed by atoms with Crippen molar-refractivity contribution >= 4 is 34.6 Å². The second-order valence-electron chi connectivity index (χ2n) is 9.15. The Balaban J connectivity index is 1.42. The predicted octanol–water partition coefficient (Wildman–Crippen LogP) is 4.11. The number of rotatable bonds is 5. The first-order chi connectivity index (χ1) is 17.8. The van der Waals surface area contributed by atoms with Crippen LogP contribution in [0.2, 0.25) is 0 Å². The third-order valence-electron chi connectivity index (χ3n) is 6.75. The molecule has 3 aromatic rings. The molecule has 1 fully saturated rings. The number of nitro groups is 1. The number of methoxy groups -OCH3 is 1. The second kappa shape index (κ2) is 9.90. The summed E-state index contributed by atoms with van der Waals surface area (Å²) in [6.07, 6.45) is 1.04. The summed E-state index contributed by atoms with van der Waals surface area (Å²) < 4.78 is 5.19. The van der Waals surface area contributed by atoms with Crippen molar-refractivity contribution in [2.24, 2.45) is 0 Å². The van der Waals surface area contributed by atoms with E-state index in [9.17, 15) is 24.8 Å². The van der Waals surface area contributed by atoms with Gasteiger partial charge in [-0.15, -0.1) is 0 Å². The predicted molar refractivity (Wildman–Crippen MR) is 138 cm³/mol. The number of anilines is 3. The molecule has 2 aliphatic heterocycles. The standard InChI is InChI=1S/C27H26N4O6/c1-37-25-15-18(4-7-24(25)31(35)36)17-3-5-20-22(14-17)28-23-12-16(2-6-21(23)29-27(20)34)13-26(33)30-10-8-19(32)9-11-30/h2-7,12,14-15,19,28,32H,8-11,13H2,1H3,(H,29,34). The molecule has 2 heterocycles. The summed E-state index contributed by atoms with van der Waals surface area (Å²) in [4.78, 5) is 38.2. The van der Waals surface area contributed by atoms with Gasteiger partial charge in [-0.3, -0.25) is 19.7 Å². The van der Waals surface area contributed by atoms with Gasteiger partial charge in [0.2, 0.25) is 5.91 Å². The summed E-state index contributed by atoms with van der Waals surface area (Å²) in [5, 5.41) is 27.2. The zero-order valence-electron chi connectivity index (χ0n) is 20.2. The Bertz CT molecular complexity index is 1400. The van der Waals surface area contributed by atoms with Crippen molar-refractivity contribution in [1.82, 2.24) is 4.90 Å². The van der Waals surface area contributed by atoms with Crippen molar-refractivity contribution in [3.8, 4) is 16.9 Å². The maximum absolute atomic E-state index is 12.9. The minimum absolute atomic E-state index is 0.000637. The molecule has 0 saturated carbocycles. The van der Waals surface area contributed by atoms with E-state index in [2.05, 4.69) is 10.6 Å². The summed E-state index contributed by atoms with van der Waals surface area (Å²) >= 11 is 0. The molecule has 1 saturated heterocycles. The molecular formula is C27H26N4O6. The van der Waals surface area contributed by atoms with E-state index in [0.717, 1.165) is 11.1 Å². The zero-order valence-corrected chi connectivity index (χ0v) is 20.2. The van der Waals surface area contributed by atoms with Gasteiger partial charge in [0, 0.05) is 19.2 Å². The summed E-state index contributed by atoms with van der Waals surface area (Å²) in [6, 6.07) is 15.3. The number of nitro benzene ring substituents is 1. The molecule has 37 heavy (non-hydrogen) atoms. The molecule has 3 aromatic carbocycles. The number of nitrogens with zero attached hydrogens (tertiary/aromatic N) is 2. The number of likely N-dealkylation sites (tertiary alicyclic amines) is 1. The van der Waals surface area contributed by atoms with Crippen LogP contribution in [0, 0.1) is 10.1 Å². The number of amides is 2. The normalized spacial score (nSPS) is 15.1. The van der Waals surface area contributed by atoms with E-state index >= 15 is 0 Å². The average molecular weight is 503 g/mol. The van der Waals surface area contributed by atoms with E-state index in [-0.39, 0.29) is 35.8 Å². The van der Waals surface area contributed by atoms with Crippen molar-refractivity contribution < 1.29 is 24.4 Å². The Morgan fingerprint density at radius 2 is 1.76 bits per heavy atom. The topological polar surface area (TPSA) is 134 Å². The van der Waals surface area contributed by atoms with Crippen LogP contribution in [-0.2, 0) is 11.2 Å². The van der Waals surface area contributed by atoms with Gasteiger partial charge in [0.1, 0.15) is 0 Å². The van der Waals surface area contributed by atoms with Gasteiger partial charge in [-0.05, 0) is 65.9 Å². The fraction of sp³-hybridized carbons (Fsp3) is 0.259. The maximum Gasteiger partial charge on any atom is 0.310 e. The lowest BCUT2D eigenvalue weighted by Crippen LogP contribution is -2.40. The lowest BCUT2D eigenvalue weighted by Gasteiger charge is -2.29. The van der Waals surface area contributed by atoms with Crippen LogP contribution in [0.25, 0.3) is 11.1 Å². The van der Waals surface area contributed by atoms with E-state index < -0.39 is 4.92 Å². The van der Waals surface area contributed by atoms with Crippen LogP contribution < -0.4 is 15.4 Å². The van der Waals surface area contributed by atoms with Gasteiger partial charge in [0.05, 0.1) is 47.2 Å². The fourth-order valence-electron chi connectivity index (χ4n) is 4.68. The summed E-state index contributed by atoms with van der Waals surface area (Å²) in [6.45, 7) is 1.09. The minimum Gasteiger partial charge on any atom is -0.490 e. The highest BCUT2D eigenvalue weighted by atomic mass is 16.6. The Kier molecular flexibility index (Phi) is 6.49. The first-order valence-electron chi connectivity index (χ1n) is 12.0. The van der Waals surface area contributed by atoms with Gasteiger partial charge >= 0.3 is 5.69 Å². The van der Waals surface area contributed by atoms with E-state index in [1.54, 1.807) is 35.2 Å². The number of fused-ring (bicyclic) bond motifs is 2. The molecule has 5 rings (SSSR count). The van der Waals surface area contributed by atoms with Crippen molar-refractivity contribution in [2.45, 2.75) is 25.4 Å². The van der Waals surface area contributed by atoms with E-state index in [1.807, 2.05) is 18.2 Å². The van der Waals surface area contributed by atoms with Crippen LogP contribution in [0.15, 0.2) is 54.6 Å². The smallest absolute Gasteiger partial charge is 0.310 e. The maximum atomic E-state index is 12.9. The summed E-state index contributed by atoms with van der Waals surface area (Å²) in [7, 11) is 1.38. The van der Waals surface area contributed by atoms with Gasteiger partial charge in [0.15, 0.2) is 5.75 Å². The molecule has 0 atom stereocenters. The molecule has 0 bridgehead atoms. The monoisotopic (exact) mass is 502 g/mol. The first kappa shape index (κ1) is 24.3. The summed E-state index contributed by atoms with van der Waals surface area (Å²) in [5.74, 6) is -0.130. The van der Waals surface area contributed by atoms with Gasteiger partial charge in [-0.1, -0.05) is 12.1 Å². The molecule has 0 aliphatic carbocycles. The Morgan fingerprint density at radius 1 is 1.03 bits per heavy atom. The highest BCUT2D eigenvalue weighted by molar-refractivity contribution is 6.12. The molecule has 0 spiro atoms. The van der Waals surface area contributed by atoms with E-state index in [4.69, 9.17) is 4.74 Å². The third kappa shape index (κ3) is 4.96. The molecule has 0 aromatic heterocycles. The lowest BCUT2D eigenvalue weighted by atomic mass is 10.0. The molecule has 2 amide bonds. The lowest BCUT2D eigenvalue weighted by molar-refractivity contribution is -0.385. The number of ether oxygens (including phenoxy) is 1. The number of piperidine rings is 1. The number of carbonyl (C=O) groups excluding carboxylic acids is 2. The first-order valence-corrected chi connectivity index (χ1v) is 12.0. The van der Waals surface area contributed by atoms with Gasteiger partial charge in [-0.2, -0.15) is 0 Å². The largest absolute Gasteiger partial charge is 0.490 e. The quantitative estimate of drug-likeness (QED) is 0.353. The van der Waals surface area contributed by atoms with E-state index in [0.29, 0.717) is 54.1 Å². The molecule has 0 unspecified atom stereocenters. The zero-order chi connectivity index (χ0) is 26.1. The highest BCUT2D eigenvalue weighted by Gasteiger charge is 2.24. The Labute approximate surface area is 213 Å². The number of aliphatic hydroxyl groups excluding tert-OH is 1. The van der Waals surface area contributed by atoms with Crippen molar-refractivity contribution in [3.63, 3.8) is 0 Å². The molecular weight excluding hydrogens is 476 g/mol. The fourth-order valence-corrected chi connectivity index (χ4v) is 4.68. The second-order valence-corrected chi connectivity index (χ2v) is 9.15. The number of hydrogen-bond donors (Lipinski definition) is 3. The Morgan fingerprint density at radius 3 is 2.49 bits per heavy atom. The van der Waals surface area contributed by atoms with Crippen LogP contribution in [0.3, 0.4) is 0 Å². The average Bonchev–Trinajstić information content (AvgIpc) is 3.03. The van der Waals surface area contributed by atoms with Crippen LogP contribution in [0.1, 0.15) is 28.8 Å². The van der Waals surface area contributed by atoms with Crippen LogP contribution in [0.5, 0.6) is 5.75 Å². The van der Waals surface area contributed by atoms with Crippen molar-refractivity contribution in [1.29, 1.82) is 0 Å². The summed E-state index contributed by atoms with van der Waals surface area (Å²) in [5.41, 5.74) is 4.38. The molecule has 2 aliphatic rings. The van der Waals surface area contributed by atoms with Crippen LogP contribution in [-0.4, -0.2) is 53.0 Å². The molecule has 3 N–H and O–H groups in total. The van der Waals surface area contributed by atoms with Crippen LogP contribution in [0.4, 0.5) is 22.7 Å². The van der Waals surface area contributed by atoms with Gasteiger partial charge in [-0.25, -0.2) is 0 Å². The van der Waals surface area contributed by atoms with E-state index in [1.165, 1.54) is 13.2 Å². The highest BCUT2D eigenvalue weighted by Crippen LogP contribution is 2.37. The van der Waals surface area contributed by atoms with Gasteiger partial charge in [0.25, 0.3) is 5.91 Å². The molecule has 190 valence electrons. The van der Waals surface area contributed by atoms with Crippen LogP contribution >= 0.6 is 0 Å². The molecule has 10 heteroatoms. The molecule has 0 radical (unpaired) electrons. The van der Waals surface area contributed by atoms with Crippen molar-refractivity contribution in [3.05, 3.63) is 75.8 Å². The molecule has 10 nitrogen and oxygen atoms in total. The SMILES string of the molecule is COc1cc(-c2ccc3c(c2)Nc2cc(CC(=O)N4CCC(O)CC4)ccc2NC3=O)ccc1[N+](=O)[O-]. The number of benzene rings is 3. The van der Waals surface area contributed by atoms with Crippen molar-refractivity contribution in [2.75, 3.05) is 30.8 Å². The minimum atomic E-state index is -0.501. The number of hydrogen-bond acceptors (Lipinski definition) is 7. The number of nitrogens with one attached hydrogen (secondary N) is 2. The van der Waals surface area contributed by atoms with Gasteiger partial charge < -0.3 is 25.4 Å².